The van der Waals surface area contributed by atoms with E-state index in [0.29, 0.717) is 5.75 Å². The van der Waals surface area contributed by atoms with Crippen molar-refractivity contribution in [1.29, 1.82) is 0 Å². The van der Waals surface area contributed by atoms with Crippen LogP contribution in [0.1, 0.15) is 31.7 Å². The Hall–Kier alpha value is -2.04. The number of aliphatic carboxylic acids is 1. The number of ether oxygens (including phenoxy) is 1. The molecule has 5 nitrogen and oxygen atoms in total. The van der Waals surface area contributed by atoms with Crippen molar-refractivity contribution in [2.45, 2.75) is 38.6 Å². The summed E-state index contributed by atoms with van der Waals surface area (Å²) in [6.07, 6.45) is 2.80. The second-order valence-corrected chi connectivity index (χ2v) is 5.25. The van der Waals surface area contributed by atoms with Gasteiger partial charge in [-0.05, 0) is 37.0 Å². The van der Waals surface area contributed by atoms with Crippen molar-refractivity contribution in [1.82, 2.24) is 4.90 Å². The van der Waals surface area contributed by atoms with Gasteiger partial charge >= 0.3 is 5.97 Å². The molecule has 0 heterocycles. The zero-order chi connectivity index (χ0) is 15.2. The molecule has 114 valence electrons. The van der Waals surface area contributed by atoms with E-state index in [0.717, 1.165) is 24.8 Å². The Balaban J connectivity index is 1.87. The molecule has 0 bridgehead atoms. The highest BCUT2D eigenvalue weighted by Gasteiger charge is 2.32. The number of hydrogen-bond acceptors (Lipinski definition) is 3. The third kappa shape index (κ3) is 4.77. The van der Waals surface area contributed by atoms with Gasteiger partial charge in [0.2, 0.25) is 0 Å². The SMILES string of the molecule is CCc1cccc(OCC(=O)N(CCC(=O)O)C2CC2)c1. The first kappa shape index (κ1) is 15.4. The smallest absolute Gasteiger partial charge is 0.305 e. The van der Waals surface area contributed by atoms with Crippen LogP contribution in [0.3, 0.4) is 0 Å². The molecule has 0 spiro atoms. The third-order valence-electron chi connectivity index (χ3n) is 3.54. The van der Waals surface area contributed by atoms with Gasteiger partial charge < -0.3 is 14.7 Å². The molecular formula is C16H21NO4. The Labute approximate surface area is 124 Å². The van der Waals surface area contributed by atoms with Gasteiger partial charge in [-0.25, -0.2) is 0 Å². The minimum atomic E-state index is -0.884. The molecule has 1 aromatic rings. The van der Waals surface area contributed by atoms with Crippen LogP contribution in [0.25, 0.3) is 0 Å². The third-order valence-corrected chi connectivity index (χ3v) is 3.54. The van der Waals surface area contributed by atoms with Gasteiger partial charge in [0.1, 0.15) is 5.75 Å². The zero-order valence-electron chi connectivity index (χ0n) is 12.2. The van der Waals surface area contributed by atoms with Crippen molar-refractivity contribution in [2.24, 2.45) is 0 Å². The molecule has 1 aliphatic carbocycles. The van der Waals surface area contributed by atoms with Gasteiger partial charge in [0.15, 0.2) is 6.61 Å². The normalized spacial score (nSPS) is 13.8. The van der Waals surface area contributed by atoms with E-state index in [-0.39, 0.29) is 31.5 Å². The van der Waals surface area contributed by atoms with Gasteiger partial charge in [-0.3, -0.25) is 9.59 Å². The lowest BCUT2D eigenvalue weighted by Gasteiger charge is -2.21. The lowest BCUT2D eigenvalue weighted by molar-refractivity contribution is -0.139. The van der Waals surface area contributed by atoms with E-state index in [4.69, 9.17) is 9.84 Å². The number of nitrogens with zero attached hydrogens (tertiary/aromatic N) is 1. The van der Waals surface area contributed by atoms with Crippen LogP contribution in [0.4, 0.5) is 0 Å². The summed E-state index contributed by atoms with van der Waals surface area (Å²) in [5.41, 5.74) is 1.16. The van der Waals surface area contributed by atoms with E-state index in [2.05, 4.69) is 6.92 Å². The topological polar surface area (TPSA) is 66.8 Å². The molecule has 1 amide bonds. The molecule has 1 aliphatic rings. The number of aryl methyl sites for hydroxylation is 1. The number of hydrogen-bond donors (Lipinski definition) is 1. The number of carboxylic acid groups (broad SMARTS) is 1. The van der Waals surface area contributed by atoms with E-state index in [9.17, 15) is 9.59 Å². The van der Waals surface area contributed by atoms with Gasteiger partial charge in [-0.15, -0.1) is 0 Å². The number of carbonyl (C=O) groups is 2. The monoisotopic (exact) mass is 291 g/mol. The Kier molecular flexibility index (Phi) is 5.20. The van der Waals surface area contributed by atoms with Crippen molar-refractivity contribution < 1.29 is 19.4 Å². The molecule has 1 N–H and O–H groups in total. The largest absolute Gasteiger partial charge is 0.484 e. The van der Waals surface area contributed by atoms with E-state index in [1.165, 1.54) is 0 Å². The highest BCUT2D eigenvalue weighted by molar-refractivity contribution is 5.79. The average Bonchev–Trinajstić information content (AvgIpc) is 3.30. The van der Waals surface area contributed by atoms with Crippen LogP contribution in [-0.2, 0) is 16.0 Å². The maximum absolute atomic E-state index is 12.2. The maximum Gasteiger partial charge on any atom is 0.305 e. The van der Waals surface area contributed by atoms with Crippen LogP contribution in [0.5, 0.6) is 5.75 Å². The second-order valence-electron chi connectivity index (χ2n) is 5.25. The maximum atomic E-state index is 12.2. The number of carbonyl (C=O) groups excluding carboxylic acids is 1. The van der Waals surface area contributed by atoms with Gasteiger partial charge in [0, 0.05) is 12.6 Å². The standard InChI is InChI=1S/C16H21NO4/c1-2-12-4-3-5-14(10-12)21-11-15(18)17(13-6-7-13)9-8-16(19)20/h3-5,10,13H,2,6-9,11H2,1H3,(H,19,20). The van der Waals surface area contributed by atoms with Crippen LogP contribution in [-0.4, -0.2) is 41.1 Å². The lowest BCUT2D eigenvalue weighted by atomic mass is 10.2. The van der Waals surface area contributed by atoms with E-state index < -0.39 is 5.97 Å². The van der Waals surface area contributed by atoms with Crippen molar-refractivity contribution in [3.63, 3.8) is 0 Å². The Morgan fingerprint density at radius 1 is 1.38 bits per heavy atom. The average molecular weight is 291 g/mol. The summed E-state index contributed by atoms with van der Waals surface area (Å²) < 4.78 is 5.54. The fourth-order valence-electron chi connectivity index (χ4n) is 2.20. The zero-order valence-corrected chi connectivity index (χ0v) is 12.2. The van der Waals surface area contributed by atoms with Crippen molar-refractivity contribution in [3.05, 3.63) is 29.8 Å². The molecule has 0 radical (unpaired) electrons. The summed E-state index contributed by atoms with van der Waals surface area (Å²) >= 11 is 0. The van der Waals surface area contributed by atoms with E-state index in [1.54, 1.807) is 4.90 Å². The van der Waals surface area contributed by atoms with E-state index >= 15 is 0 Å². The molecule has 0 saturated heterocycles. The van der Waals surface area contributed by atoms with Crippen molar-refractivity contribution in [2.75, 3.05) is 13.2 Å². The number of carboxylic acids is 1. The van der Waals surface area contributed by atoms with Gasteiger partial charge in [-0.2, -0.15) is 0 Å². The summed E-state index contributed by atoms with van der Waals surface area (Å²) in [7, 11) is 0. The first-order valence-electron chi connectivity index (χ1n) is 7.33. The van der Waals surface area contributed by atoms with Crippen molar-refractivity contribution in [3.8, 4) is 5.75 Å². The fourth-order valence-corrected chi connectivity index (χ4v) is 2.20. The number of amides is 1. The molecule has 0 aromatic heterocycles. The Bertz CT molecular complexity index is 511. The molecule has 2 rings (SSSR count). The van der Waals surface area contributed by atoms with Crippen LogP contribution < -0.4 is 4.74 Å². The second kappa shape index (κ2) is 7.11. The molecule has 5 heteroatoms. The Morgan fingerprint density at radius 2 is 2.14 bits per heavy atom. The van der Waals surface area contributed by atoms with Crippen LogP contribution in [0.2, 0.25) is 0 Å². The summed E-state index contributed by atoms with van der Waals surface area (Å²) in [4.78, 5) is 24.5. The highest BCUT2D eigenvalue weighted by atomic mass is 16.5. The predicted molar refractivity (Wildman–Crippen MR) is 78.3 cm³/mol. The molecule has 0 atom stereocenters. The molecule has 0 unspecified atom stereocenters. The minimum Gasteiger partial charge on any atom is -0.484 e. The number of benzene rings is 1. The first-order valence-corrected chi connectivity index (χ1v) is 7.33. The highest BCUT2D eigenvalue weighted by Crippen LogP contribution is 2.27. The molecule has 0 aliphatic heterocycles. The van der Waals surface area contributed by atoms with Crippen LogP contribution in [0, 0.1) is 0 Å². The van der Waals surface area contributed by atoms with Crippen molar-refractivity contribution >= 4 is 11.9 Å². The summed E-state index contributed by atoms with van der Waals surface area (Å²) in [5, 5.41) is 8.74. The summed E-state index contributed by atoms with van der Waals surface area (Å²) in [6, 6.07) is 7.86. The Morgan fingerprint density at radius 3 is 2.76 bits per heavy atom. The molecule has 1 aromatic carbocycles. The lowest BCUT2D eigenvalue weighted by Crippen LogP contribution is -2.38. The van der Waals surface area contributed by atoms with E-state index in [1.807, 2.05) is 24.3 Å². The minimum absolute atomic E-state index is 0.0203. The van der Waals surface area contributed by atoms with Crippen LogP contribution >= 0.6 is 0 Å². The fraction of sp³-hybridized carbons (Fsp3) is 0.500. The molecule has 1 saturated carbocycles. The number of rotatable bonds is 8. The van der Waals surface area contributed by atoms with Gasteiger partial charge in [0.25, 0.3) is 5.91 Å². The summed E-state index contributed by atoms with van der Waals surface area (Å²) in [6.45, 7) is 2.28. The molecular weight excluding hydrogens is 270 g/mol. The summed E-state index contributed by atoms with van der Waals surface area (Å²) in [5.74, 6) is -0.345. The quantitative estimate of drug-likeness (QED) is 0.796. The predicted octanol–water partition coefficient (Wildman–Crippen LogP) is 2.09. The van der Waals surface area contributed by atoms with Gasteiger partial charge in [0.05, 0.1) is 6.42 Å². The van der Waals surface area contributed by atoms with Gasteiger partial charge in [-0.1, -0.05) is 19.1 Å². The first-order chi connectivity index (χ1) is 10.1. The molecule has 21 heavy (non-hydrogen) atoms. The van der Waals surface area contributed by atoms with Crippen LogP contribution in [0.15, 0.2) is 24.3 Å². The molecule has 1 fully saturated rings.